The Hall–Kier alpha value is -5.39. The van der Waals surface area contributed by atoms with Gasteiger partial charge in [0.25, 0.3) is 0 Å². The zero-order valence-electron chi connectivity index (χ0n) is 34.7. The number of nitrogens with zero attached hydrogens (tertiary/aromatic N) is 2. The van der Waals surface area contributed by atoms with Gasteiger partial charge in [0.2, 0.25) is 0 Å². The molecule has 0 saturated heterocycles. The van der Waals surface area contributed by atoms with E-state index in [1.165, 1.54) is 21.1 Å². The number of benzene rings is 6. The molecule has 0 unspecified atom stereocenters. The van der Waals surface area contributed by atoms with E-state index in [-0.39, 0.29) is 25.7 Å². The largest absolute Gasteiger partial charge is 0.501 e. The third kappa shape index (κ3) is 8.24. The Labute approximate surface area is 350 Å². The summed E-state index contributed by atoms with van der Waals surface area (Å²) < 4.78 is 32.3. The molecule has 5 heteroatoms. The minimum Gasteiger partial charge on any atom is -0.501 e. The molecule has 56 heavy (non-hydrogen) atoms. The van der Waals surface area contributed by atoms with Gasteiger partial charge in [0.15, 0.2) is 0 Å². The predicted molar refractivity (Wildman–Crippen MR) is 233 cm³/mol. The maximum Gasteiger partial charge on any atom is 0.121 e. The number of hydrogen-bond donors (Lipinski definition) is 0. The average Bonchev–Trinajstić information content (AvgIpc) is 3.62. The van der Waals surface area contributed by atoms with Crippen LogP contribution in [-0.2, 0) is 20.1 Å². The second-order valence-corrected chi connectivity index (χ2v) is 25.3. The van der Waals surface area contributed by atoms with Gasteiger partial charge >= 0.3 is 142 Å². The standard InChI is InChI=1S/C30H20NO.C21H22GeN.Ir/c1-20-17-28(31-19-27(20)22-11-6-3-7-12-22)26-14-8-13-25-24-16-15-23(18-29(24)32-30(25)26)21-9-4-2-5-10-21;1-16-13-21(23-15-20(16)22(2,3)4)19-12-8-11-18(14-19)17-9-6-5-7-10-17;/h2-13,15-19H,1H3;5-11,13-15H,1-4H3;/q2*-1;/i1D3;;. The van der Waals surface area contributed by atoms with Gasteiger partial charge in [0.1, 0.15) is 5.58 Å². The molecule has 0 aliphatic rings. The maximum atomic E-state index is 8.15. The molecular weight excluding hydrogens is 921 g/mol. The van der Waals surface area contributed by atoms with Crippen LogP contribution in [0.1, 0.15) is 15.2 Å². The third-order valence-electron chi connectivity index (χ3n) is 9.89. The number of fused-ring (bicyclic) bond motifs is 3. The first-order valence-corrected chi connectivity index (χ1v) is 25.8. The molecule has 0 bridgehead atoms. The van der Waals surface area contributed by atoms with Crippen molar-refractivity contribution >= 4 is 39.6 Å². The molecule has 0 amide bonds. The van der Waals surface area contributed by atoms with Crippen LogP contribution in [0.2, 0.25) is 17.3 Å². The minimum atomic E-state index is -2.30. The second-order valence-electron chi connectivity index (χ2n) is 14.7. The van der Waals surface area contributed by atoms with Gasteiger partial charge in [-0.3, -0.25) is 0 Å². The average molecular weight is 967 g/mol. The molecule has 277 valence electrons. The van der Waals surface area contributed by atoms with E-state index in [1.807, 2.05) is 78.9 Å². The van der Waals surface area contributed by atoms with Gasteiger partial charge in [-0.1, -0.05) is 89.8 Å². The van der Waals surface area contributed by atoms with Gasteiger partial charge < -0.3 is 9.40 Å². The molecule has 0 spiro atoms. The molecule has 0 aliphatic heterocycles. The summed E-state index contributed by atoms with van der Waals surface area (Å²) in [5, 5.41) is 1.93. The van der Waals surface area contributed by atoms with E-state index < -0.39 is 20.1 Å². The van der Waals surface area contributed by atoms with Gasteiger partial charge in [-0.2, -0.15) is 0 Å². The molecule has 9 rings (SSSR count). The number of aryl methyl sites for hydroxylation is 2. The van der Waals surface area contributed by atoms with E-state index in [4.69, 9.17) is 13.5 Å². The van der Waals surface area contributed by atoms with Crippen molar-refractivity contribution in [2.24, 2.45) is 0 Å². The molecule has 9 aromatic rings. The molecule has 1 radical (unpaired) electrons. The number of rotatable bonds is 6. The van der Waals surface area contributed by atoms with Crippen LogP contribution in [0, 0.1) is 25.9 Å². The summed E-state index contributed by atoms with van der Waals surface area (Å²) in [5.74, 6) is 7.23. The van der Waals surface area contributed by atoms with Gasteiger partial charge in [0, 0.05) is 41.4 Å². The van der Waals surface area contributed by atoms with Crippen molar-refractivity contribution < 1.29 is 28.6 Å². The number of furan rings is 1. The first-order valence-electron chi connectivity index (χ1n) is 20.0. The summed E-state index contributed by atoms with van der Waals surface area (Å²) in [5.41, 5.74) is 12.3. The summed E-state index contributed by atoms with van der Waals surface area (Å²) in [7, 11) is 0. The van der Waals surface area contributed by atoms with E-state index >= 15 is 0 Å². The van der Waals surface area contributed by atoms with Crippen LogP contribution in [0.5, 0.6) is 0 Å². The molecular formula is C51H42GeIrN2O-2. The van der Waals surface area contributed by atoms with Crippen LogP contribution in [0.15, 0.2) is 168 Å². The van der Waals surface area contributed by atoms with Crippen molar-refractivity contribution in [1.29, 1.82) is 0 Å². The van der Waals surface area contributed by atoms with Gasteiger partial charge in [-0.15, -0.1) is 18.2 Å². The molecule has 6 aromatic carbocycles. The molecule has 3 aromatic heterocycles. The molecule has 0 N–H and O–H groups in total. The fourth-order valence-electron chi connectivity index (χ4n) is 7.09. The molecule has 3 heterocycles. The first-order chi connectivity index (χ1) is 27.9. The van der Waals surface area contributed by atoms with Crippen molar-refractivity contribution in [2.45, 2.75) is 31.0 Å². The summed E-state index contributed by atoms with van der Waals surface area (Å²) in [6.45, 7) is -0.0900. The van der Waals surface area contributed by atoms with E-state index in [0.717, 1.165) is 44.3 Å². The van der Waals surface area contributed by atoms with E-state index in [0.29, 0.717) is 22.4 Å². The van der Waals surface area contributed by atoms with Crippen molar-refractivity contribution in [3.63, 3.8) is 0 Å². The zero-order valence-corrected chi connectivity index (χ0v) is 36.2. The smallest absolute Gasteiger partial charge is 0.121 e. The van der Waals surface area contributed by atoms with Crippen molar-refractivity contribution in [1.82, 2.24) is 9.97 Å². The zero-order chi connectivity index (χ0) is 40.4. The van der Waals surface area contributed by atoms with Crippen molar-refractivity contribution in [3.05, 3.63) is 187 Å². The molecule has 0 saturated carbocycles. The van der Waals surface area contributed by atoms with Gasteiger partial charge in [0.05, 0.1) is 5.58 Å². The summed E-state index contributed by atoms with van der Waals surface area (Å²) in [6.07, 6.45) is 3.73. The number of pyridine rings is 2. The fourth-order valence-corrected chi connectivity index (χ4v) is 10.7. The molecule has 0 aliphatic carbocycles. The normalized spacial score (nSPS) is 12.2. The Morgan fingerprint density at radius 1 is 0.571 bits per heavy atom. The van der Waals surface area contributed by atoms with Gasteiger partial charge in [-0.25, -0.2) is 0 Å². The van der Waals surface area contributed by atoms with E-state index in [9.17, 15) is 0 Å². The van der Waals surface area contributed by atoms with Crippen LogP contribution in [-0.4, -0.2) is 23.2 Å². The Morgan fingerprint density at radius 3 is 1.82 bits per heavy atom. The fraction of sp³-hybridized carbons (Fsp3) is 0.0980. The van der Waals surface area contributed by atoms with Crippen LogP contribution >= 0.6 is 0 Å². The summed E-state index contributed by atoms with van der Waals surface area (Å²) >= 11 is -1.85. The van der Waals surface area contributed by atoms with Crippen molar-refractivity contribution in [2.75, 3.05) is 0 Å². The minimum absolute atomic E-state index is 0. The van der Waals surface area contributed by atoms with Crippen LogP contribution < -0.4 is 4.40 Å². The predicted octanol–water partition coefficient (Wildman–Crippen LogP) is 13.2. The SMILES string of the molecule is Cc1cc(-c2[c-]ccc(-c3ccccc3)c2)nc[c]1[Ge]([CH3])([CH3])[CH3].[2H]C([2H])([2H])c1cc(-c2[c-]ccc3c2oc2cc(-c4ccccc4)ccc23)ncc1-c1ccccc1.[Ir]. The Bertz CT molecular complexity index is 2870. The molecule has 3 nitrogen and oxygen atoms in total. The molecule has 0 atom stereocenters. The maximum absolute atomic E-state index is 8.15. The summed E-state index contributed by atoms with van der Waals surface area (Å²) in [4.78, 5) is 9.37. The van der Waals surface area contributed by atoms with Gasteiger partial charge in [-0.05, 0) is 40.9 Å². The monoisotopic (exact) mass is 968 g/mol. The number of hydrogen-bond acceptors (Lipinski definition) is 3. The third-order valence-corrected chi connectivity index (χ3v) is 14.4. The summed E-state index contributed by atoms with van der Waals surface area (Å²) in [6, 6.07) is 56.7. The number of aromatic nitrogens is 2. The van der Waals surface area contributed by atoms with Crippen LogP contribution in [0.4, 0.5) is 0 Å². The Kier molecular flexibility index (Phi) is 10.5. The Balaban J connectivity index is 0.000000192. The van der Waals surface area contributed by atoms with E-state index in [1.54, 1.807) is 12.3 Å². The second kappa shape index (κ2) is 16.8. The van der Waals surface area contributed by atoms with E-state index in [2.05, 4.69) is 114 Å². The van der Waals surface area contributed by atoms with Crippen molar-refractivity contribution in [3.8, 4) is 55.9 Å². The van der Waals surface area contributed by atoms with Crippen LogP contribution in [0.3, 0.4) is 0 Å². The quantitative estimate of drug-likeness (QED) is 0.123. The Morgan fingerprint density at radius 2 is 1.18 bits per heavy atom. The van der Waals surface area contributed by atoms with Crippen LogP contribution in [0.25, 0.3) is 77.8 Å². The topological polar surface area (TPSA) is 38.9 Å². The molecule has 0 fully saturated rings. The first kappa shape index (κ1) is 35.1.